The van der Waals surface area contributed by atoms with Crippen molar-refractivity contribution in [3.8, 4) is 0 Å². The average Bonchev–Trinajstić information content (AvgIpc) is 2.43. The first-order valence-electron chi connectivity index (χ1n) is 6.35. The van der Waals surface area contributed by atoms with E-state index in [1.165, 1.54) is 24.3 Å². The molecule has 0 saturated heterocycles. The molecule has 1 aromatic carbocycles. The van der Waals surface area contributed by atoms with Gasteiger partial charge in [-0.2, -0.15) is 8.42 Å². The highest BCUT2D eigenvalue weighted by atomic mass is 35.5. The van der Waals surface area contributed by atoms with E-state index in [9.17, 15) is 13.5 Å². The number of benzene rings is 1. The molecule has 0 heterocycles. The Hall–Kier alpha value is -0.700. The molecule has 8 heteroatoms. The summed E-state index contributed by atoms with van der Waals surface area (Å²) < 4.78 is 28.5. The third kappa shape index (κ3) is 6.29. The zero-order valence-corrected chi connectivity index (χ0v) is 13.5. The van der Waals surface area contributed by atoms with E-state index >= 15 is 0 Å². The molecule has 3 N–H and O–H groups in total. The van der Waals surface area contributed by atoms with Crippen LogP contribution in [0.4, 0.5) is 0 Å². The van der Waals surface area contributed by atoms with Gasteiger partial charge in [-0.1, -0.05) is 11.6 Å². The Morgan fingerprint density at radius 3 is 2.43 bits per heavy atom. The van der Waals surface area contributed by atoms with Crippen LogP contribution in [0.2, 0.25) is 5.02 Å². The molecule has 0 unspecified atom stereocenters. The molecule has 0 amide bonds. The lowest BCUT2D eigenvalue weighted by molar-refractivity contribution is 0.0930. The van der Waals surface area contributed by atoms with Crippen LogP contribution in [0, 0.1) is 0 Å². The summed E-state index contributed by atoms with van der Waals surface area (Å²) in [5, 5.41) is 22.1. The second kappa shape index (κ2) is 7.53. The Morgan fingerprint density at radius 1 is 1.33 bits per heavy atom. The summed E-state index contributed by atoms with van der Waals surface area (Å²) in [4.78, 5) is -0.0252. The van der Waals surface area contributed by atoms with Gasteiger partial charge in [-0.05, 0) is 38.1 Å². The summed E-state index contributed by atoms with van der Waals surface area (Å²) in [6.45, 7) is 3.13. The zero-order chi connectivity index (χ0) is 16.1. The van der Waals surface area contributed by atoms with E-state index in [1.807, 2.05) is 0 Å². The molecule has 0 spiro atoms. The maximum Gasteiger partial charge on any atom is 0.297 e. The molecule has 0 aromatic heterocycles. The van der Waals surface area contributed by atoms with Crippen molar-refractivity contribution in [2.75, 3.05) is 19.8 Å². The van der Waals surface area contributed by atoms with Crippen LogP contribution in [0.25, 0.3) is 0 Å². The standard InChI is InChI=1S/C13H20ClNO5S/c1-13(2,9-16)15-7-11(17)8-20-21(18,19)12-5-3-10(14)4-6-12/h3-6,11,15-17H,7-9H2,1-2H3/t11-/m0/s1. The largest absolute Gasteiger partial charge is 0.394 e. The Labute approximate surface area is 129 Å². The summed E-state index contributed by atoms with van der Waals surface area (Å²) in [7, 11) is -3.93. The number of aliphatic hydroxyl groups is 2. The molecule has 1 rings (SSSR count). The smallest absolute Gasteiger partial charge is 0.297 e. The topological polar surface area (TPSA) is 95.9 Å². The fraction of sp³-hybridized carbons (Fsp3) is 0.538. The van der Waals surface area contributed by atoms with Crippen molar-refractivity contribution >= 4 is 21.7 Å². The number of β-amino-alcohol motifs (C(OH)–C–C–N with tert-alkyl or cyclic N) is 1. The third-order valence-corrected chi connectivity index (χ3v) is 4.28. The summed E-state index contributed by atoms with van der Waals surface area (Å²) in [5.74, 6) is 0. The molecule has 0 aliphatic carbocycles. The number of nitrogens with one attached hydrogen (secondary N) is 1. The van der Waals surface area contributed by atoms with Gasteiger partial charge in [0.2, 0.25) is 0 Å². The predicted molar refractivity (Wildman–Crippen MR) is 79.8 cm³/mol. The van der Waals surface area contributed by atoms with Crippen LogP contribution in [-0.4, -0.2) is 50.0 Å². The van der Waals surface area contributed by atoms with Crippen LogP contribution < -0.4 is 5.32 Å². The summed E-state index contributed by atoms with van der Waals surface area (Å²) in [5.41, 5.74) is -0.559. The number of rotatable bonds is 8. The van der Waals surface area contributed by atoms with E-state index in [4.69, 9.17) is 20.9 Å². The highest BCUT2D eigenvalue weighted by molar-refractivity contribution is 7.86. The monoisotopic (exact) mass is 337 g/mol. The molecule has 0 bridgehead atoms. The first-order chi connectivity index (χ1) is 9.66. The quantitative estimate of drug-likeness (QED) is 0.606. The van der Waals surface area contributed by atoms with Gasteiger partial charge in [0.1, 0.15) is 0 Å². The number of aliphatic hydroxyl groups excluding tert-OH is 2. The van der Waals surface area contributed by atoms with Crippen molar-refractivity contribution in [1.29, 1.82) is 0 Å². The maximum absolute atomic E-state index is 11.9. The summed E-state index contributed by atoms with van der Waals surface area (Å²) >= 11 is 5.68. The first kappa shape index (κ1) is 18.3. The fourth-order valence-electron chi connectivity index (χ4n) is 1.35. The second-order valence-corrected chi connectivity index (χ2v) is 7.32. The van der Waals surface area contributed by atoms with E-state index in [1.54, 1.807) is 13.8 Å². The number of hydrogen-bond donors (Lipinski definition) is 3. The predicted octanol–water partition coefficient (Wildman–Crippen LogP) is 0.767. The third-order valence-electron chi connectivity index (χ3n) is 2.73. The van der Waals surface area contributed by atoms with E-state index in [-0.39, 0.29) is 24.7 Å². The molecule has 120 valence electrons. The van der Waals surface area contributed by atoms with Crippen LogP contribution in [0.1, 0.15) is 13.8 Å². The molecule has 0 saturated carbocycles. The molecule has 0 fully saturated rings. The molecule has 0 aliphatic rings. The molecule has 6 nitrogen and oxygen atoms in total. The summed E-state index contributed by atoms with van der Waals surface area (Å²) in [6.07, 6.45) is -1.02. The van der Waals surface area contributed by atoms with Crippen LogP contribution in [0.15, 0.2) is 29.2 Å². The average molecular weight is 338 g/mol. The molecular formula is C13H20ClNO5S. The molecule has 21 heavy (non-hydrogen) atoms. The van der Waals surface area contributed by atoms with Crippen LogP contribution >= 0.6 is 11.6 Å². The van der Waals surface area contributed by atoms with Gasteiger partial charge in [0, 0.05) is 17.1 Å². The van der Waals surface area contributed by atoms with Gasteiger partial charge in [0.25, 0.3) is 10.1 Å². The van der Waals surface area contributed by atoms with Crippen molar-refractivity contribution < 1.29 is 22.8 Å². The minimum Gasteiger partial charge on any atom is -0.394 e. The van der Waals surface area contributed by atoms with Crippen LogP contribution in [-0.2, 0) is 14.3 Å². The molecule has 0 radical (unpaired) electrons. The maximum atomic E-state index is 11.9. The van der Waals surface area contributed by atoms with Crippen molar-refractivity contribution in [3.63, 3.8) is 0 Å². The highest BCUT2D eigenvalue weighted by Crippen LogP contribution is 2.16. The van der Waals surface area contributed by atoms with Crippen molar-refractivity contribution in [3.05, 3.63) is 29.3 Å². The molecule has 1 atom stereocenters. The minimum atomic E-state index is -3.93. The van der Waals surface area contributed by atoms with Gasteiger partial charge in [-0.25, -0.2) is 0 Å². The van der Waals surface area contributed by atoms with E-state index < -0.39 is 21.8 Å². The van der Waals surface area contributed by atoms with Gasteiger partial charge in [0.05, 0.1) is 24.2 Å². The Kier molecular flexibility index (Phi) is 6.58. The number of hydrogen-bond acceptors (Lipinski definition) is 6. The lowest BCUT2D eigenvalue weighted by Gasteiger charge is -2.25. The zero-order valence-electron chi connectivity index (χ0n) is 11.9. The van der Waals surface area contributed by atoms with Crippen molar-refractivity contribution in [2.45, 2.75) is 30.4 Å². The Balaban J connectivity index is 2.52. The lowest BCUT2D eigenvalue weighted by Crippen LogP contribution is -2.47. The molecule has 0 aliphatic heterocycles. The van der Waals surface area contributed by atoms with Crippen molar-refractivity contribution in [2.24, 2.45) is 0 Å². The van der Waals surface area contributed by atoms with Gasteiger partial charge < -0.3 is 15.5 Å². The lowest BCUT2D eigenvalue weighted by atomic mass is 10.1. The SMILES string of the molecule is CC(C)(CO)NC[C@H](O)COS(=O)(=O)c1ccc(Cl)cc1. The Morgan fingerprint density at radius 2 is 1.90 bits per heavy atom. The second-order valence-electron chi connectivity index (χ2n) is 5.27. The van der Waals surface area contributed by atoms with E-state index in [0.29, 0.717) is 5.02 Å². The van der Waals surface area contributed by atoms with Gasteiger partial charge in [-0.15, -0.1) is 0 Å². The van der Waals surface area contributed by atoms with Gasteiger partial charge in [0.15, 0.2) is 0 Å². The summed E-state index contributed by atoms with van der Waals surface area (Å²) in [6, 6.07) is 5.55. The first-order valence-corrected chi connectivity index (χ1v) is 8.14. The van der Waals surface area contributed by atoms with Crippen LogP contribution in [0.3, 0.4) is 0 Å². The Bertz CT molecular complexity index is 544. The highest BCUT2D eigenvalue weighted by Gasteiger charge is 2.20. The molecular weight excluding hydrogens is 318 g/mol. The minimum absolute atomic E-state index is 0.0252. The van der Waals surface area contributed by atoms with Gasteiger partial charge in [-0.3, -0.25) is 4.18 Å². The van der Waals surface area contributed by atoms with Gasteiger partial charge >= 0.3 is 0 Å². The van der Waals surface area contributed by atoms with E-state index in [0.717, 1.165) is 0 Å². The normalized spacial score (nSPS) is 14.1. The van der Waals surface area contributed by atoms with Crippen molar-refractivity contribution in [1.82, 2.24) is 5.32 Å². The van der Waals surface area contributed by atoms with Crippen LogP contribution in [0.5, 0.6) is 0 Å². The number of halogens is 1. The fourth-order valence-corrected chi connectivity index (χ4v) is 2.41. The molecule has 1 aromatic rings. The van der Waals surface area contributed by atoms with E-state index in [2.05, 4.69) is 5.32 Å².